The standard InChI is InChI=1S/C22H19F3N2O4/c23-22(24,25)15-3-5-17-13(8-15)2-1-7-26(17)21(29)14-9-20(28)27(11-14)16-4-6-18-19(10-16)31-12-30-18/h3-6,8,10,14H,1-2,7,9,11-12H2/t14-/m1/s1. The Morgan fingerprint density at radius 2 is 1.87 bits per heavy atom. The second-order valence-electron chi connectivity index (χ2n) is 7.88. The van der Waals surface area contributed by atoms with Gasteiger partial charge in [-0.2, -0.15) is 13.2 Å². The number of nitrogens with zero attached hydrogens (tertiary/aromatic N) is 2. The highest BCUT2D eigenvalue weighted by Gasteiger charge is 2.39. The second-order valence-corrected chi connectivity index (χ2v) is 7.88. The molecule has 0 radical (unpaired) electrons. The zero-order valence-corrected chi connectivity index (χ0v) is 16.4. The first-order chi connectivity index (χ1) is 14.8. The first-order valence-electron chi connectivity index (χ1n) is 10.0. The van der Waals surface area contributed by atoms with Crippen molar-refractivity contribution >= 4 is 23.2 Å². The normalized spacial score (nSPS) is 20.2. The van der Waals surface area contributed by atoms with Crippen LogP contribution in [0.2, 0.25) is 0 Å². The van der Waals surface area contributed by atoms with Crippen molar-refractivity contribution in [3.63, 3.8) is 0 Å². The van der Waals surface area contributed by atoms with E-state index >= 15 is 0 Å². The first kappa shape index (κ1) is 19.7. The van der Waals surface area contributed by atoms with Gasteiger partial charge in [0, 0.05) is 37.0 Å². The number of fused-ring (bicyclic) bond motifs is 2. The van der Waals surface area contributed by atoms with Crippen LogP contribution < -0.4 is 19.3 Å². The molecular weight excluding hydrogens is 413 g/mol. The van der Waals surface area contributed by atoms with E-state index in [4.69, 9.17) is 9.47 Å². The molecule has 5 rings (SSSR count). The summed E-state index contributed by atoms with van der Waals surface area (Å²) in [6, 6.07) is 8.66. The molecule has 1 fully saturated rings. The van der Waals surface area contributed by atoms with Crippen LogP contribution in [-0.4, -0.2) is 31.7 Å². The van der Waals surface area contributed by atoms with E-state index in [1.54, 1.807) is 23.1 Å². The Labute approximate surface area is 176 Å². The molecule has 1 saturated heterocycles. The smallest absolute Gasteiger partial charge is 0.416 e. The minimum Gasteiger partial charge on any atom is -0.454 e. The van der Waals surface area contributed by atoms with E-state index in [1.807, 2.05) is 0 Å². The second kappa shape index (κ2) is 7.18. The van der Waals surface area contributed by atoms with Crippen molar-refractivity contribution in [1.29, 1.82) is 0 Å². The van der Waals surface area contributed by atoms with Crippen LogP contribution in [0.5, 0.6) is 11.5 Å². The molecule has 31 heavy (non-hydrogen) atoms. The third-order valence-corrected chi connectivity index (χ3v) is 5.93. The van der Waals surface area contributed by atoms with Crippen molar-refractivity contribution in [2.75, 3.05) is 29.7 Å². The van der Waals surface area contributed by atoms with E-state index in [2.05, 4.69) is 0 Å². The van der Waals surface area contributed by atoms with Gasteiger partial charge in [0.25, 0.3) is 0 Å². The maximum Gasteiger partial charge on any atom is 0.416 e. The number of ether oxygens (including phenoxy) is 2. The fourth-order valence-electron chi connectivity index (χ4n) is 4.40. The van der Waals surface area contributed by atoms with Gasteiger partial charge in [-0.3, -0.25) is 9.59 Å². The Bertz CT molecular complexity index is 1070. The molecule has 0 saturated carbocycles. The number of halogens is 3. The molecule has 1 atom stereocenters. The number of carbonyl (C=O) groups excluding carboxylic acids is 2. The highest BCUT2D eigenvalue weighted by atomic mass is 19.4. The van der Waals surface area contributed by atoms with Crippen LogP contribution in [0.4, 0.5) is 24.5 Å². The molecule has 2 aromatic rings. The molecule has 3 aliphatic heterocycles. The van der Waals surface area contributed by atoms with Crippen molar-refractivity contribution in [2.24, 2.45) is 5.92 Å². The summed E-state index contributed by atoms with van der Waals surface area (Å²) >= 11 is 0. The first-order valence-corrected chi connectivity index (χ1v) is 10.0. The number of anilines is 2. The zero-order chi connectivity index (χ0) is 21.8. The minimum atomic E-state index is -4.43. The summed E-state index contributed by atoms with van der Waals surface area (Å²) in [6.45, 7) is 0.758. The summed E-state index contributed by atoms with van der Waals surface area (Å²) in [5, 5.41) is 0. The largest absolute Gasteiger partial charge is 0.454 e. The average Bonchev–Trinajstić information content (AvgIpc) is 3.37. The van der Waals surface area contributed by atoms with Crippen LogP contribution in [0.3, 0.4) is 0 Å². The predicted molar refractivity (Wildman–Crippen MR) is 105 cm³/mol. The Balaban J connectivity index is 1.36. The molecule has 0 aromatic heterocycles. The fourth-order valence-corrected chi connectivity index (χ4v) is 4.40. The van der Waals surface area contributed by atoms with Crippen LogP contribution in [0.1, 0.15) is 24.0 Å². The molecule has 0 bridgehead atoms. The van der Waals surface area contributed by atoms with Gasteiger partial charge in [0.1, 0.15) is 0 Å². The van der Waals surface area contributed by atoms with Gasteiger partial charge in [0.2, 0.25) is 18.6 Å². The van der Waals surface area contributed by atoms with Gasteiger partial charge < -0.3 is 19.3 Å². The van der Waals surface area contributed by atoms with Gasteiger partial charge in [0.05, 0.1) is 11.5 Å². The van der Waals surface area contributed by atoms with Crippen LogP contribution in [0, 0.1) is 5.92 Å². The summed E-state index contributed by atoms with van der Waals surface area (Å²) < 4.78 is 49.8. The number of aryl methyl sites for hydroxylation is 1. The molecule has 0 unspecified atom stereocenters. The lowest BCUT2D eigenvalue weighted by Crippen LogP contribution is -2.40. The van der Waals surface area contributed by atoms with Gasteiger partial charge >= 0.3 is 6.18 Å². The van der Waals surface area contributed by atoms with Crippen LogP contribution >= 0.6 is 0 Å². The highest BCUT2D eigenvalue weighted by molar-refractivity contribution is 6.05. The number of hydrogen-bond acceptors (Lipinski definition) is 4. The number of benzene rings is 2. The average molecular weight is 432 g/mol. The molecule has 3 aliphatic rings. The van der Waals surface area contributed by atoms with Crippen molar-refractivity contribution in [2.45, 2.75) is 25.4 Å². The van der Waals surface area contributed by atoms with Gasteiger partial charge in [-0.05, 0) is 48.7 Å². The van der Waals surface area contributed by atoms with E-state index in [0.717, 1.165) is 12.1 Å². The van der Waals surface area contributed by atoms with Crippen LogP contribution in [-0.2, 0) is 22.2 Å². The summed E-state index contributed by atoms with van der Waals surface area (Å²) in [7, 11) is 0. The Hall–Kier alpha value is -3.23. The molecule has 2 amide bonds. The molecule has 0 spiro atoms. The molecule has 2 aromatic carbocycles. The summed E-state index contributed by atoms with van der Waals surface area (Å²) in [4.78, 5) is 28.9. The number of alkyl halides is 3. The number of amides is 2. The SMILES string of the molecule is O=C1C[C@@H](C(=O)N2CCCc3cc(C(F)(F)F)ccc32)CN1c1ccc2c(c1)OCO2. The van der Waals surface area contributed by atoms with Crippen molar-refractivity contribution in [3.8, 4) is 11.5 Å². The topological polar surface area (TPSA) is 59.1 Å². The van der Waals surface area contributed by atoms with E-state index < -0.39 is 17.7 Å². The van der Waals surface area contributed by atoms with Gasteiger partial charge in [0.15, 0.2) is 11.5 Å². The lowest BCUT2D eigenvalue weighted by molar-refractivity contribution is -0.137. The van der Waals surface area contributed by atoms with Gasteiger partial charge in [-0.15, -0.1) is 0 Å². The summed E-state index contributed by atoms with van der Waals surface area (Å²) in [6.07, 6.45) is -3.31. The summed E-state index contributed by atoms with van der Waals surface area (Å²) in [5.41, 5.74) is 0.911. The fraction of sp³-hybridized carbons (Fsp3) is 0.364. The van der Waals surface area contributed by atoms with E-state index in [1.165, 1.54) is 11.0 Å². The Morgan fingerprint density at radius 3 is 2.68 bits per heavy atom. The van der Waals surface area contributed by atoms with Crippen molar-refractivity contribution in [1.82, 2.24) is 0 Å². The summed E-state index contributed by atoms with van der Waals surface area (Å²) in [5.74, 6) is 0.169. The van der Waals surface area contributed by atoms with E-state index in [0.29, 0.717) is 47.8 Å². The van der Waals surface area contributed by atoms with Gasteiger partial charge in [-0.1, -0.05) is 0 Å². The molecule has 6 nitrogen and oxygen atoms in total. The molecule has 162 valence electrons. The third kappa shape index (κ3) is 3.47. The zero-order valence-electron chi connectivity index (χ0n) is 16.4. The molecule has 0 aliphatic carbocycles. The maximum atomic E-state index is 13.2. The maximum absolute atomic E-state index is 13.2. The quantitative estimate of drug-likeness (QED) is 0.725. The molecule has 0 N–H and O–H groups in total. The third-order valence-electron chi connectivity index (χ3n) is 5.93. The van der Waals surface area contributed by atoms with Crippen molar-refractivity contribution in [3.05, 3.63) is 47.5 Å². The monoisotopic (exact) mass is 432 g/mol. The van der Waals surface area contributed by atoms with Crippen LogP contribution in [0.15, 0.2) is 36.4 Å². The predicted octanol–water partition coefficient (Wildman–Crippen LogP) is 3.77. The van der Waals surface area contributed by atoms with Crippen LogP contribution in [0.25, 0.3) is 0 Å². The lowest BCUT2D eigenvalue weighted by Gasteiger charge is -2.32. The Kier molecular flexibility index (Phi) is 4.56. The van der Waals surface area contributed by atoms with E-state index in [9.17, 15) is 22.8 Å². The Morgan fingerprint density at radius 1 is 1.06 bits per heavy atom. The van der Waals surface area contributed by atoms with E-state index in [-0.39, 0.29) is 31.6 Å². The minimum absolute atomic E-state index is 0.0553. The molecule has 9 heteroatoms. The number of carbonyl (C=O) groups is 2. The molecule has 3 heterocycles. The van der Waals surface area contributed by atoms with Gasteiger partial charge in [-0.25, -0.2) is 0 Å². The highest BCUT2D eigenvalue weighted by Crippen LogP contribution is 2.39. The molecular formula is C22H19F3N2O4. The van der Waals surface area contributed by atoms with Crippen molar-refractivity contribution < 1.29 is 32.2 Å². The number of rotatable bonds is 2. The lowest BCUT2D eigenvalue weighted by atomic mass is 9.97. The number of hydrogen-bond donors (Lipinski definition) is 0.